The minimum absolute atomic E-state index is 0.0188. The van der Waals surface area contributed by atoms with Crippen LogP contribution in [0.3, 0.4) is 0 Å². The molecule has 1 aliphatic heterocycles. The second kappa shape index (κ2) is 5.51. The normalized spacial score (nSPS) is 25.0. The summed E-state index contributed by atoms with van der Waals surface area (Å²) < 4.78 is 0. The third-order valence-electron chi connectivity index (χ3n) is 4.83. The maximum absolute atomic E-state index is 12.8. The van der Waals surface area contributed by atoms with Gasteiger partial charge in [-0.05, 0) is 31.7 Å². The summed E-state index contributed by atoms with van der Waals surface area (Å²) >= 11 is 0. The van der Waals surface area contributed by atoms with Gasteiger partial charge in [0.25, 0.3) is 0 Å². The Hall–Kier alpha value is -1.84. The van der Waals surface area contributed by atoms with E-state index >= 15 is 0 Å². The first-order chi connectivity index (χ1) is 10.1. The minimum Gasteiger partial charge on any atom is -0.344 e. The molecule has 0 bridgehead atoms. The number of benzene rings is 1. The second-order valence-corrected chi connectivity index (χ2v) is 6.40. The molecule has 1 atom stereocenters. The lowest BCUT2D eigenvalue weighted by molar-refractivity contribution is -0.142. The number of hydrogen-bond donors (Lipinski definition) is 1. The first-order valence-corrected chi connectivity index (χ1v) is 7.73. The predicted molar refractivity (Wildman–Crippen MR) is 80.7 cm³/mol. The van der Waals surface area contributed by atoms with E-state index in [0.717, 1.165) is 18.4 Å². The molecule has 1 aromatic rings. The second-order valence-electron chi connectivity index (χ2n) is 6.40. The number of rotatable bonds is 3. The van der Waals surface area contributed by atoms with Crippen LogP contribution in [0.2, 0.25) is 0 Å². The van der Waals surface area contributed by atoms with Crippen molar-refractivity contribution in [2.24, 2.45) is 0 Å². The standard InChI is InChI=1S/C17H22N2O2/c1-17(9-5-10-17)19-11-8-15(20)18-14(16(19)21)12-13-6-3-2-4-7-13/h2-4,6-7,14H,5,8-12H2,1H3,(H,18,20). The summed E-state index contributed by atoms with van der Waals surface area (Å²) in [7, 11) is 0. The average Bonchev–Trinajstić information content (AvgIpc) is 2.58. The van der Waals surface area contributed by atoms with Crippen LogP contribution in [0.25, 0.3) is 0 Å². The zero-order valence-corrected chi connectivity index (χ0v) is 12.5. The number of hydrogen-bond acceptors (Lipinski definition) is 2. The number of nitrogens with zero attached hydrogens (tertiary/aromatic N) is 1. The van der Waals surface area contributed by atoms with Crippen molar-refractivity contribution in [1.29, 1.82) is 0 Å². The Bertz CT molecular complexity index is 537. The Balaban J connectivity index is 1.80. The monoisotopic (exact) mass is 286 g/mol. The molecule has 2 fully saturated rings. The molecule has 0 spiro atoms. The van der Waals surface area contributed by atoms with Gasteiger partial charge < -0.3 is 10.2 Å². The molecule has 112 valence electrons. The SMILES string of the molecule is CC1(N2CCC(=O)NC(Cc3ccccc3)C2=O)CCC1. The molecule has 1 saturated carbocycles. The molecule has 0 radical (unpaired) electrons. The fraction of sp³-hybridized carbons (Fsp3) is 0.529. The van der Waals surface area contributed by atoms with Gasteiger partial charge in [-0.15, -0.1) is 0 Å². The molecule has 3 rings (SSSR count). The van der Waals surface area contributed by atoms with Gasteiger partial charge in [-0.1, -0.05) is 30.3 Å². The Morgan fingerprint density at radius 1 is 1.24 bits per heavy atom. The molecule has 4 nitrogen and oxygen atoms in total. The fourth-order valence-corrected chi connectivity index (χ4v) is 3.32. The minimum atomic E-state index is -0.431. The largest absolute Gasteiger partial charge is 0.344 e. The predicted octanol–water partition coefficient (Wildman–Crippen LogP) is 1.89. The van der Waals surface area contributed by atoms with Crippen molar-refractivity contribution < 1.29 is 9.59 Å². The molecular formula is C17H22N2O2. The van der Waals surface area contributed by atoms with E-state index in [1.165, 1.54) is 6.42 Å². The van der Waals surface area contributed by atoms with Gasteiger partial charge in [-0.3, -0.25) is 9.59 Å². The maximum Gasteiger partial charge on any atom is 0.245 e. The van der Waals surface area contributed by atoms with Crippen molar-refractivity contribution in [3.05, 3.63) is 35.9 Å². The van der Waals surface area contributed by atoms with Gasteiger partial charge in [0, 0.05) is 24.9 Å². The summed E-state index contributed by atoms with van der Waals surface area (Å²) in [4.78, 5) is 26.7. The number of carbonyl (C=O) groups excluding carboxylic acids is 2. The molecule has 0 aromatic heterocycles. The van der Waals surface area contributed by atoms with E-state index in [1.54, 1.807) is 0 Å². The fourth-order valence-electron chi connectivity index (χ4n) is 3.32. The number of amides is 2. The quantitative estimate of drug-likeness (QED) is 0.922. The van der Waals surface area contributed by atoms with Crippen molar-refractivity contribution in [1.82, 2.24) is 10.2 Å². The van der Waals surface area contributed by atoms with Crippen LogP contribution in [0, 0.1) is 0 Å². The van der Waals surface area contributed by atoms with Gasteiger partial charge in [0.2, 0.25) is 11.8 Å². The molecule has 2 amide bonds. The summed E-state index contributed by atoms with van der Waals surface area (Å²) in [5, 5.41) is 2.90. The lowest BCUT2D eigenvalue weighted by Crippen LogP contribution is -2.57. The first-order valence-electron chi connectivity index (χ1n) is 7.73. The summed E-state index contributed by atoms with van der Waals surface area (Å²) in [6.07, 6.45) is 4.24. The molecule has 21 heavy (non-hydrogen) atoms. The molecule has 1 heterocycles. The Morgan fingerprint density at radius 2 is 1.95 bits per heavy atom. The van der Waals surface area contributed by atoms with Crippen molar-refractivity contribution >= 4 is 11.8 Å². The van der Waals surface area contributed by atoms with Crippen LogP contribution in [0.1, 0.15) is 38.2 Å². The van der Waals surface area contributed by atoms with Crippen molar-refractivity contribution in [3.63, 3.8) is 0 Å². The molecular weight excluding hydrogens is 264 g/mol. The van der Waals surface area contributed by atoms with Crippen LogP contribution >= 0.6 is 0 Å². The third-order valence-corrected chi connectivity index (χ3v) is 4.83. The number of nitrogens with one attached hydrogen (secondary N) is 1. The molecule has 1 saturated heterocycles. The lowest BCUT2D eigenvalue weighted by Gasteiger charge is -2.48. The first kappa shape index (κ1) is 14.1. The van der Waals surface area contributed by atoms with Crippen LogP contribution in [0.4, 0.5) is 0 Å². The Labute approximate surface area is 125 Å². The molecule has 1 N–H and O–H groups in total. The van der Waals surface area contributed by atoms with E-state index in [9.17, 15) is 9.59 Å². The van der Waals surface area contributed by atoms with Gasteiger partial charge in [-0.25, -0.2) is 0 Å². The van der Waals surface area contributed by atoms with Gasteiger partial charge in [0.1, 0.15) is 6.04 Å². The third kappa shape index (κ3) is 2.80. The van der Waals surface area contributed by atoms with E-state index in [0.29, 0.717) is 19.4 Å². The summed E-state index contributed by atoms with van der Waals surface area (Å²) in [6, 6.07) is 9.45. The Morgan fingerprint density at radius 3 is 2.57 bits per heavy atom. The summed E-state index contributed by atoms with van der Waals surface area (Å²) in [5.41, 5.74) is 1.04. The molecule has 1 aromatic carbocycles. The molecule has 4 heteroatoms. The lowest BCUT2D eigenvalue weighted by atomic mass is 9.76. The van der Waals surface area contributed by atoms with Crippen LogP contribution < -0.4 is 5.32 Å². The highest BCUT2D eigenvalue weighted by Crippen LogP contribution is 2.38. The van der Waals surface area contributed by atoms with Crippen molar-refractivity contribution in [2.75, 3.05) is 6.54 Å². The molecule has 1 aliphatic carbocycles. The van der Waals surface area contributed by atoms with E-state index in [4.69, 9.17) is 0 Å². The molecule has 2 aliphatic rings. The zero-order chi connectivity index (χ0) is 14.9. The molecule has 1 unspecified atom stereocenters. The topological polar surface area (TPSA) is 49.4 Å². The van der Waals surface area contributed by atoms with E-state index in [2.05, 4.69) is 12.2 Å². The highest BCUT2D eigenvalue weighted by Gasteiger charge is 2.43. The number of carbonyl (C=O) groups is 2. The van der Waals surface area contributed by atoms with Crippen LogP contribution in [-0.2, 0) is 16.0 Å². The Kier molecular flexibility index (Phi) is 3.70. The van der Waals surface area contributed by atoms with Crippen LogP contribution in [0.15, 0.2) is 30.3 Å². The highest BCUT2D eigenvalue weighted by atomic mass is 16.2. The van der Waals surface area contributed by atoms with Gasteiger partial charge >= 0.3 is 0 Å². The van der Waals surface area contributed by atoms with Gasteiger partial charge in [-0.2, -0.15) is 0 Å². The zero-order valence-electron chi connectivity index (χ0n) is 12.5. The van der Waals surface area contributed by atoms with E-state index < -0.39 is 6.04 Å². The van der Waals surface area contributed by atoms with Gasteiger partial charge in [0.15, 0.2) is 0 Å². The van der Waals surface area contributed by atoms with E-state index in [-0.39, 0.29) is 17.4 Å². The average molecular weight is 286 g/mol. The summed E-state index contributed by atoms with van der Waals surface area (Å²) in [5.74, 6) is 0.0570. The summed E-state index contributed by atoms with van der Waals surface area (Å²) in [6.45, 7) is 2.69. The van der Waals surface area contributed by atoms with Crippen LogP contribution in [-0.4, -0.2) is 34.8 Å². The van der Waals surface area contributed by atoms with Gasteiger partial charge in [0.05, 0.1) is 0 Å². The maximum atomic E-state index is 12.8. The van der Waals surface area contributed by atoms with Crippen molar-refractivity contribution in [3.8, 4) is 0 Å². The van der Waals surface area contributed by atoms with E-state index in [1.807, 2.05) is 35.2 Å². The highest BCUT2D eigenvalue weighted by molar-refractivity contribution is 5.90. The smallest absolute Gasteiger partial charge is 0.245 e. The van der Waals surface area contributed by atoms with Crippen molar-refractivity contribution in [2.45, 2.75) is 50.6 Å². The van der Waals surface area contributed by atoms with Crippen LogP contribution in [0.5, 0.6) is 0 Å².